The Morgan fingerprint density at radius 1 is 1.27 bits per heavy atom. The quantitative estimate of drug-likeness (QED) is 0.553. The lowest BCUT2D eigenvalue weighted by Crippen LogP contribution is -2.16. The summed E-state index contributed by atoms with van der Waals surface area (Å²) in [6.07, 6.45) is -0.819. The van der Waals surface area contributed by atoms with Crippen molar-refractivity contribution in [2.45, 2.75) is 33.8 Å². The summed E-state index contributed by atoms with van der Waals surface area (Å²) in [6, 6.07) is 5.62. The molecule has 1 rings (SSSR count). The summed E-state index contributed by atoms with van der Waals surface area (Å²) in [5, 5.41) is 0. The molecule has 0 saturated carbocycles. The van der Waals surface area contributed by atoms with E-state index in [9.17, 15) is 4.79 Å². The molecule has 0 fully saturated rings. The molecule has 0 heterocycles. The fourth-order valence-corrected chi connectivity index (χ4v) is 1.22. The number of benzene rings is 1. The minimum atomic E-state index is -0.656. The summed E-state index contributed by atoms with van der Waals surface area (Å²) >= 11 is 0. The SMILES string of the molecule is Cc1ccc(OC(=O)OC(C)C)c(C)c1. The maximum atomic E-state index is 11.2. The Morgan fingerprint density at radius 2 is 1.93 bits per heavy atom. The summed E-state index contributed by atoms with van der Waals surface area (Å²) in [5.74, 6) is 0.547. The van der Waals surface area contributed by atoms with Gasteiger partial charge >= 0.3 is 6.16 Å². The Balaban J connectivity index is 2.68. The van der Waals surface area contributed by atoms with Crippen LogP contribution >= 0.6 is 0 Å². The van der Waals surface area contributed by atoms with Crippen LogP contribution in [0, 0.1) is 13.8 Å². The highest BCUT2D eigenvalue weighted by Crippen LogP contribution is 2.19. The molecule has 0 amide bonds. The second kappa shape index (κ2) is 4.82. The van der Waals surface area contributed by atoms with Crippen molar-refractivity contribution >= 4 is 6.16 Å². The number of ether oxygens (including phenoxy) is 2. The standard InChI is InChI=1S/C12H16O3/c1-8(2)14-12(13)15-11-6-5-9(3)7-10(11)4/h5-8H,1-4H3. The van der Waals surface area contributed by atoms with E-state index < -0.39 is 6.16 Å². The van der Waals surface area contributed by atoms with Crippen molar-refractivity contribution in [1.82, 2.24) is 0 Å². The van der Waals surface area contributed by atoms with Crippen molar-refractivity contribution in [3.63, 3.8) is 0 Å². The highest BCUT2D eigenvalue weighted by atomic mass is 16.7. The molecular formula is C12H16O3. The van der Waals surface area contributed by atoms with Crippen LogP contribution in [-0.2, 0) is 4.74 Å². The van der Waals surface area contributed by atoms with E-state index in [0.717, 1.165) is 11.1 Å². The van der Waals surface area contributed by atoms with Gasteiger partial charge in [0.05, 0.1) is 6.10 Å². The lowest BCUT2D eigenvalue weighted by atomic mass is 10.1. The first-order valence-electron chi connectivity index (χ1n) is 4.94. The van der Waals surface area contributed by atoms with Crippen molar-refractivity contribution < 1.29 is 14.3 Å². The molecule has 0 bridgehead atoms. The number of rotatable bonds is 2. The molecule has 1 aromatic carbocycles. The van der Waals surface area contributed by atoms with Gasteiger partial charge in [-0.1, -0.05) is 17.7 Å². The molecular weight excluding hydrogens is 192 g/mol. The van der Waals surface area contributed by atoms with Crippen molar-refractivity contribution in [2.75, 3.05) is 0 Å². The summed E-state index contributed by atoms with van der Waals surface area (Å²) in [4.78, 5) is 11.2. The van der Waals surface area contributed by atoms with Crippen LogP contribution in [0.4, 0.5) is 4.79 Å². The number of aryl methyl sites for hydroxylation is 2. The number of hydrogen-bond acceptors (Lipinski definition) is 3. The molecule has 0 aliphatic carbocycles. The molecule has 82 valence electrons. The average molecular weight is 208 g/mol. The van der Waals surface area contributed by atoms with Crippen LogP contribution in [-0.4, -0.2) is 12.3 Å². The van der Waals surface area contributed by atoms with Gasteiger partial charge in [0.25, 0.3) is 0 Å². The highest BCUT2D eigenvalue weighted by molar-refractivity contribution is 5.64. The fourth-order valence-electron chi connectivity index (χ4n) is 1.22. The van der Waals surface area contributed by atoms with E-state index in [1.165, 1.54) is 0 Å². The van der Waals surface area contributed by atoms with Crippen LogP contribution in [0.1, 0.15) is 25.0 Å². The van der Waals surface area contributed by atoms with Gasteiger partial charge in [0.15, 0.2) is 0 Å². The maximum absolute atomic E-state index is 11.2. The summed E-state index contributed by atoms with van der Waals surface area (Å²) in [5.41, 5.74) is 2.06. The molecule has 0 unspecified atom stereocenters. The summed E-state index contributed by atoms with van der Waals surface area (Å²) < 4.78 is 9.93. The first-order valence-corrected chi connectivity index (χ1v) is 4.94. The minimum Gasteiger partial charge on any atom is -0.431 e. The first-order chi connectivity index (χ1) is 6.99. The zero-order valence-corrected chi connectivity index (χ0v) is 9.53. The zero-order chi connectivity index (χ0) is 11.4. The van der Waals surface area contributed by atoms with Crippen molar-refractivity contribution in [2.24, 2.45) is 0 Å². The summed E-state index contributed by atoms with van der Waals surface area (Å²) in [6.45, 7) is 7.45. The fraction of sp³-hybridized carbons (Fsp3) is 0.417. The van der Waals surface area contributed by atoms with Gasteiger partial charge in [0.1, 0.15) is 5.75 Å². The topological polar surface area (TPSA) is 35.5 Å². The highest BCUT2D eigenvalue weighted by Gasteiger charge is 2.09. The molecule has 0 spiro atoms. The van der Waals surface area contributed by atoms with Crippen molar-refractivity contribution in [3.05, 3.63) is 29.3 Å². The van der Waals surface area contributed by atoms with Gasteiger partial charge in [0.2, 0.25) is 0 Å². The van der Waals surface area contributed by atoms with Gasteiger partial charge < -0.3 is 9.47 Å². The normalized spacial score (nSPS) is 10.2. The monoisotopic (exact) mass is 208 g/mol. The van der Waals surface area contributed by atoms with E-state index in [1.54, 1.807) is 19.9 Å². The van der Waals surface area contributed by atoms with E-state index in [1.807, 2.05) is 26.0 Å². The van der Waals surface area contributed by atoms with E-state index in [2.05, 4.69) is 0 Å². The van der Waals surface area contributed by atoms with Gasteiger partial charge in [-0.05, 0) is 39.3 Å². The molecule has 3 heteroatoms. The predicted octanol–water partition coefficient (Wildman–Crippen LogP) is 3.23. The molecule has 0 aliphatic heterocycles. The number of carbonyl (C=O) groups excluding carboxylic acids is 1. The van der Waals surface area contributed by atoms with Crippen LogP contribution in [0.15, 0.2) is 18.2 Å². The molecule has 0 aromatic heterocycles. The van der Waals surface area contributed by atoms with Gasteiger partial charge in [-0.15, -0.1) is 0 Å². The van der Waals surface area contributed by atoms with Gasteiger partial charge in [0, 0.05) is 0 Å². The third-order valence-corrected chi connectivity index (χ3v) is 1.86. The molecule has 0 radical (unpaired) electrons. The Kier molecular flexibility index (Phi) is 3.72. The average Bonchev–Trinajstić information content (AvgIpc) is 2.08. The largest absolute Gasteiger partial charge is 0.514 e. The Labute approximate surface area is 90.0 Å². The van der Waals surface area contributed by atoms with Crippen molar-refractivity contribution in [1.29, 1.82) is 0 Å². The van der Waals surface area contributed by atoms with Gasteiger partial charge in [-0.2, -0.15) is 0 Å². The number of hydrogen-bond donors (Lipinski definition) is 0. The van der Waals surface area contributed by atoms with Gasteiger partial charge in [-0.3, -0.25) is 0 Å². The molecule has 0 atom stereocenters. The maximum Gasteiger partial charge on any atom is 0.514 e. The lowest BCUT2D eigenvalue weighted by Gasteiger charge is -2.10. The van der Waals surface area contributed by atoms with Crippen LogP contribution in [0.2, 0.25) is 0 Å². The first kappa shape index (κ1) is 11.6. The Morgan fingerprint density at radius 3 is 2.47 bits per heavy atom. The third kappa shape index (κ3) is 3.62. The van der Waals surface area contributed by atoms with Crippen LogP contribution in [0.5, 0.6) is 5.75 Å². The molecule has 0 aliphatic rings. The molecule has 1 aromatic rings. The Hall–Kier alpha value is -1.51. The smallest absolute Gasteiger partial charge is 0.431 e. The minimum absolute atomic E-state index is 0.164. The van der Waals surface area contributed by atoms with Crippen LogP contribution in [0.3, 0.4) is 0 Å². The van der Waals surface area contributed by atoms with Crippen LogP contribution in [0.25, 0.3) is 0 Å². The summed E-state index contributed by atoms with van der Waals surface area (Å²) in [7, 11) is 0. The second-order valence-electron chi connectivity index (χ2n) is 3.79. The second-order valence-corrected chi connectivity index (χ2v) is 3.79. The number of carbonyl (C=O) groups is 1. The Bertz CT molecular complexity index is 356. The molecule has 0 saturated heterocycles. The van der Waals surface area contributed by atoms with E-state index in [-0.39, 0.29) is 6.10 Å². The third-order valence-electron chi connectivity index (χ3n) is 1.86. The molecule has 3 nitrogen and oxygen atoms in total. The van der Waals surface area contributed by atoms with E-state index >= 15 is 0 Å². The van der Waals surface area contributed by atoms with Crippen LogP contribution < -0.4 is 4.74 Å². The molecule has 0 N–H and O–H groups in total. The van der Waals surface area contributed by atoms with Gasteiger partial charge in [-0.25, -0.2) is 4.79 Å². The molecule has 15 heavy (non-hydrogen) atoms. The van der Waals surface area contributed by atoms with Crippen molar-refractivity contribution in [3.8, 4) is 5.75 Å². The van der Waals surface area contributed by atoms with E-state index in [4.69, 9.17) is 9.47 Å². The zero-order valence-electron chi connectivity index (χ0n) is 9.53. The predicted molar refractivity (Wildman–Crippen MR) is 58.2 cm³/mol. The lowest BCUT2D eigenvalue weighted by molar-refractivity contribution is 0.0727. The van der Waals surface area contributed by atoms with E-state index in [0.29, 0.717) is 5.75 Å².